The summed E-state index contributed by atoms with van der Waals surface area (Å²) in [5.41, 5.74) is 1.53. The summed E-state index contributed by atoms with van der Waals surface area (Å²) in [6, 6.07) is 5.41. The number of likely N-dealkylation sites (tertiary alicyclic amines) is 1. The van der Waals surface area contributed by atoms with Gasteiger partial charge in [-0.25, -0.2) is 13.8 Å². The van der Waals surface area contributed by atoms with E-state index in [1.807, 2.05) is 6.07 Å². The highest BCUT2D eigenvalue weighted by molar-refractivity contribution is 6.31. The zero-order valence-electron chi connectivity index (χ0n) is 14.9. The van der Waals surface area contributed by atoms with Crippen molar-refractivity contribution in [3.63, 3.8) is 0 Å². The van der Waals surface area contributed by atoms with Gasteiger partial charge in [-0.1, -0.05) is 11.6 Å². The Balaban J connectivity index is 1.37. The molecular formula is C19H21ClF2N4O. The van der Waals surface area contributed by atoms with Crippen molar-refractivity contribution in [1.29, 1.82) is 0 Å². The number of carbonyl (C=O) groups excluding carboxylic acids is 1. The van der Waals surface area contributed by atoms with Crippen LogP contribution in [0, 0.1) is 5.92 Å². The fourth-order valence-corrected chi connectivity index (χ4v) is 3.96. The van der Waals surface area contributed by atoms with Crippen LogP contribution in [0.4, 0.5) is 14.6 Å². The van der Waals surface area contributed by atoms with Crippen LogP contribution in [0.3, 0.4) is 0 Å². The molecule has 0 radical (unpaired) electrons. The first kappa shape index (κ1) is 18.3. The molecule has 0 bridgehead atoms. The summed E-state index contributed by atoms with van der Waals surface area (Å²) in [6.07, 6.45) is 2.67. The summed E-state index contributed by atoms with van der Waals surface area (Å²) < 4.78 is 26.6. The number of hydrogen-bond acceptors (Lipinski definition) is 4. The van der Waals surface area contributed by atoms with Gasteiger partial charge in [-0.3, -0.25) is 9.78 Å². The number of benzene rings is 1. The minimum absolute atomic E-state index is 0.0180. The van der Waals surface area contributed by atoms with Crippen LogP contribution in [0.1, 0.15) is 25.7 Å². The number of amides is 1. The highest BCUT2D eigenvalue weighted by Crippen LogP contribution is 2.30. The van der Waals surface area contributed by atoms with Crippen molar-refractivity contribution < 1.29 is 13.6 Å². The topological polar surface area (TPSA) is 49.3 Å². The third kappa shape index (κ3) is 3.98. The number of piperidine rings is 2. The Bertz CT molecular complexity index is 845. The standard InChI is InChI=1S/C19H21ClF2N4O/c20-14-1-2-15-16(11-14)23-12-17(24-15)25-7-3-13(4-8-25)18(27)26-9-5-19(21,22)6-10-26/h1-2,11-13H,3-10H2. The molecule has 2 aromatic rings. The third-order valence-electron chi connectivity index (χ3n) is 5.47. The molecule has 0 spiro atoms. The van der Waals surface area contributed by atoms with E-state index in [2.05, 4.69) is 14.9 Å². The van der Waals surface area contributed by atoms with Crippen molar-refractivity contribution in [2.45, 2.75) is 31.6 Å². The number of hydrogen-bond donors (Lipinski definition) is 0. The maximum Gasteiger partial charge on any atom is 0.251 e. The minimum atomic E-state index is -2.63. The Morgan fingerprint density at radius 3 is 2.52 bits per heavy atom. The molecule has 2 aliphatic rings. The Labute approximate surface area is 161 Å². The monoisotopic (exact) mass is 394 g/mol. The molecule has 1 amide bonds. The summed E-state index contributed by atoms with van der Waals surface area (Å²) in [6.45, 7) is 1.72. The quantitative estimate of drug-likeness (QED) is 0.778. The van der Waals surface area contributed by atoms with Gasteiger partial charge >= 0.3 is 0 Å². The van der Waals surface area contributed by atoms with Gasteiger partial charge in [0.1, 0.15) is 5.82 Å². The molecule has 0 atom stereocenters. The van der Waals surface area contributed by atoms with Gasteiger partial charge in [-0.05, 0) is 31.0 Å². The van der Waals surface area contributed by atoms with E-state index in [0.717, 1.165) is 16.9 Å². The first-order valence-electron chi connectivity index (χ1n) is 9.25. The van der Waals surface area contributed by atoms with Crippen molar-refractivity contribution in [3.05, 3.63) is 29.4 Å². The maximum atomic E-state index is 13.3. The lowest BCUT2D eigenvalue weighted by Gasteiger charge is -2.37. The summed E-state index contributed by atoms with van der Waals surface area (Å²) in [4.78, 5) is 25.4. The van der Waals surface area contributed by atoms with Gasteiger partial charge in [0.05, 0.1) is 17.2 Å². The summed E-state index contributed by atoms with van der Waals surface area (Å²) in [7, 11) is 0. The molecule has 27 heavy (non-hydrogen) atoms. The average Bonchev–Trinajstić information content (AvgIpc) is 2.67. The summed E-state index contributed by atoms with van der Waals surface area (Å²) in [5.74, 6) is -1.92. The predicted molar refractivity (Wildman–Crippen MR) is 100 cm³/mol. The Kier molecular flexibility index (Phi) is 4.88. The number of fused-ring (bicyclic) bond motifs is 1. The molecule has 144 valence electrons. The molecule has 2 saturated heterocycles. The maximum absolute atomic E-state index is 13.3. The second-order valence-electron chi connectivity index (χ2n) is 7.30. The molecule has 0 saturated carbocycles. The third-order valence-corrected chi connectivity index (χ3v) is 5.70. The van der Waals surface area contributed by atoms with Crippen LogP contribution in [0.5, 0.6) is 0 Å². The van der Waals surface area contributed by atoms with E-state index in [1.165, 1.54) is 0 Å². The van der Waals surface area contributed by atoms with E-state index in [-0.39, 0.29) is 37.8 Å². The van der Waals surface area contributed by atoms with Crippen LogP contribution in [-0.4, -0.2) is 52.9 Å². The SMILES string of the molecule is O=C(C1CCN(c2cnc3cc(Cl)ccc3n2)CC1)N1CCC(F)(F)CC1. The number of nitrogens with zero attached hydrogens (tertiary/aromatic N) is 4. The highest BCUT2D eigenvalue weighted by atomic mass is 35.5. The van der Waals surface area contributed by atoms with Crippen molar-refractivity contribution in [2.24, 2.45) is 5.92 Å². The summed E-state index contributed by atoms with van der Waals surface area (Å²) in [5, 5.41) is 0.624. The van der Waals surface area contributed by atoms with Crippen LogP contribution in [-0.2, 0) is 4.79 Å². The zero-order valence-corrected chi connectivity index (χ0v) is 15.6. The first-order chi connectivity index (χ1) is 12.9. The Hall–Kier alpha value is -2.02. The van der Waals surface area contributed by atoms with E-state index in [4.69, 9.17) is 11.6 Å². The number of halogens is 3. The van der Waals surface area contributed by atoms with Gasteiger partial charge in [0.15, 0.2) is 0 Å². The molecule has 5 nitrogen and oxygen atoms in total. The molecule has 0 unspecified atom stereocenters. The molecule has 1 aromatic carbocycles. The zero-order chi connectivity index (χ0) is 19.0. The number of carbonyl (C=O) groups is 1. The molecule has 2 aliphatic heterocycles. The van der Waals surface area contributed by atoms with Crippen molar-refractivity contribution in [3.8, 4) is 0 Å². The first-order valence-corrected chi connectivity index (χ1v) is 9.63. The molecule has 0 aliphatic carbocycles. The fourth-order valence-electron chi connectivity index (χ4n) is 3.79. The highest BCUT2D eigenvalue weighted by Gasteiger charge is 2.37. The molecule has 8 heteroatoms. The largest absolute Gasteiger partial charge is 0.355 e. The van der Waals surface area contributed by atoms with E-state index in [1.54, 1.807) is 23.2 Å². The van der Waals surface area contributed by atoms with Crippen LogP contribution in [0.15, 0.2) is 24.4 Å². The number of aromatic nitrogens is 2. The van der Waals surface area contributed by atoms with Crippen LogP contribution < -0.4 is 4.90 Å². The van der Waals surface area contributed by atoms with Gasteiger partial charge in [-0.2, -0.15) is 0 Å². The van der Waals surface area contributed by atoms with E-state index in [0.29, 0.717) is 31.0 Å². The average molecular weight is 395 g/mol. The molecular weight excluding hydrogens is 374 g/mol. The van der Waals surface area contributed by atoms with Gasteiger partial charge in [-0.15, -0.1) is 0 Å². The lowest BCUT2D eigenvalue weighted by molar-refractivity contribution is -0.142. The van der Waals surface area contributed by atoms with E-state index in [9.17, 15) is 13.6 Å². The van der Waals surface area contributed by atoms with Gasteiger partial charge in [0.2, 0.25) is 5.91 Å². The molecule has 1 aromatic heterocycles. The van der Waals surface area contributed by atoms with Crippen molar-refractivity contribution in [2.75, 3.05) is 31.1 Å². The van der Waals surface area contributed by atoms with Crippen molar-refractivity contribution >= 4 is 34.4 Å². The van der Waals surface area contributed by atoms with Crippen LogP contribution in [0.2, 0.25) is 5.02 Å². The Morgan fingerprint density at radius 2 is 1.81 bits per heavy atom. The fraction of sp³-hybridized carbons (Fsp3) is 0.526. The smallest absolute Gasteiger partial charge is 0.251 e. The second kappa shape index (κ2) is 7.19. The number of rotatable bonds is 2. The van der Waals surface area contributed by atoms with Gasteiger partial charge < -0.3 is 9.80 Å². The number of alkyl halides is 2. The van der Waals surface area contributed by atoms with Gasteiger partial charge in [0, 0.05) is 50.0 Å². The predicted octanol–water partition coefficient (Wildman–Crippen LogP) is 3.76. The van der Waals surface area contributed by atoms with Crippen LogP contribution >= 0.6 is 11.6 Å². The summed E-state index contributed by atoms with van der Waals surface area (Å²) >= 11 is 5.98. The minimum Gasteiger partial charge on any atom is -0.355 e. The lowest BCUT2D eigenvalue weighted by atomic mass is 9.94. The van der Waals surface area contributed by atoms with E-state index < -0.39 is 5.92 Å². The second-order valence-corrected chi connectivity index (χ2v) is 7.74. The lowest BCUT2D eigenvalue weighted by Crippen LogP contribution is -2.47. The van der Waals surface area contributed by atoms with Crippen LogP contribution in [0.25, 0.3) is 11.0 Å². The normalized spacial score (nSPS) is 20.9. The number of anilines is 1. The molecule has 2 fully saturated rings. The van der Waals surface area contributed by atoms with E-state index >= 15 is 0 Å². The Morgan fingerprint density at radius 1 is 1.11 bits per heavy atom. The molecule has 4 rings (SSSR count). The molecule has 0 N–H and O–H groups in total. The van der Waals surface area contributed by atoms with Gasteiger partial charge in [0.25, 0.3) is 5.92 Å². The van der Waals surface area contributed by atoms with Crippen molar-refractivity contribution in [1.82, 2.24) is 14.9 Å². The molecule has 3 heterocycles.